The van der Waals surface area contributed by atoms with Crippen molar-refractivity contribution in [3.63, 3.8) is 0 Å². The van der Waals surface area contributed by atoms with Crippen molar-refractivity contribution in [3.05, 3.63) is 17.7 Å². The molecule has 3 rings (SSSR count). The number of amides is 1. The lowest BCUT2D eigenvalue weighted by molar-refractivity contribution is -0.141. The third kappa shape index (κ3) is 5.72. The van der Waals surface area contributed by atoms with E-state index in [2.05, 4.69) is 10.3 Å². The summed E-state index contributed by atoms with van der Waals surface area (Å²) in [6.45, 7) is 7.22. The molecule has 1 N–H and O–H groups in total. The van der Waals surface area contributed by atoms with Crippen LogP contribution in [-0.2, 0) is 20.9 Å². The van der Waals surface area contributed by atoms with E-state index in [9.17, 15) is 9.59 Å². The predicted molar refractivity (Wildman–Crippen MR) is 122 cm³/mol. The summed E-state index contributed by atoms with van der Waals surface area (Å²) in [6, 6.07) is 3.59. The molecule has 0 aromatic heterocycles. The van der Waals surface area contributed by atoms with Crippen LogP contribution >= 0.6 is 0 Å². The van der Waals surface area contributed by atoms with Gasteiger partial charge in [-0.1, -0.05) is 39.5 Å². The van der Waals surface area contributed by atoms with Gasteiger partial charge in [0.1, 0.15) is 6.04 Å². The van der Waals surface area contributed by atoms with E-state index >= 15 is 0 Å². The van der Waals surface area contributed by atoms with Crippen LogP contribution < -0.4 is 14.8 Å². The lowest BCUT2D eigenvalue weighted by atomic mass is 10.0. The minimum absolute atomic E-state index is 0.00613. The van der Waals surface area contributed by atoms with E-state index in [0.29, 0.717) is 37.2 Å². The van der Waals surface area contributed by atoms with E-state index in [1.807, 2.05) is 30.9 Å². The minimum atomic E-state index is -0.231. The van der Waals surface area contributed by atoms with E-state index in [4.69, 9.17) is 14.2 Å². The monoisotopic (exact) mass is 445 g/mol. The highest BCUT2D eigenvalue weighted by molar-refractivity contribution is 6.08. The Morgan fingerprint density at radius 3 is 2.50 bits per heavy atom. The van der Waals surface area contributed by atoms with Gasteiger partial charge >= 0.3 is 5.97 Å². The number of rotatable bonds is 12. The number of ether oxygens (including phenoxy) is 3. The Hall–Kier alpha value is -2.77. The van der Waals surface area contributed by atoms with E-state index < -0.39 is 0 Å². The molecular weight excluding hydrogens is 410 g/mol. The van der Waals surface area contributed by atoms with Crippen LogP contribution in [0.25, 0.3) is 0 Å². The number of carbonyl (C=O) groups excluding carboxylic acids is 2. The fourth-order valence-corrected chi connectivity index (χ4v) is 4.24. The SMILES string of the molecule is COc1c(OCCCCCCCCOC(C)=O)ccc2c1CN1C(=N2)NC(=O)C1C(C)C. The molecule has 1 aromatic carbocycles. The van der Waals surface area contributed by atoms with Crippen LogP contribution in [0.4, 0.5) is 5.69 Å². The fourth-order valence-electron chi connectivity index (χ4n) is 4.24. The van der Waals surface area contributed by atoms with Gasteiger partial charge in [0.2, 0.25) is 11.9 Å². The summed E-state index contributed by atoms with van der Waals surface area (Å²) in [5, 5.41) is 2.90. The zero-order valence-corrected chi connectivity index (χ0v) is 19.6. The summed E-state index contributed by atoms with van der Waals surface area (Å²) < 4.78 is 16.7. The third-order valence-electron chi connectivity index (χ3n) is 5.80. The van der Waals surface area contributed by atoms with E-state index in [1.54, 1.807) is 7.11 Å². The molecule has 2 aliphatic rings. The molecule has 0 bridgehead atoms. The molecule has 1 amide bonds. The molecule has 8 heteroatoms. The first-order chi connectivity index (χ1) is 15.4. The molecule has 0 aliphatic carbocycles. The fraction of sp³-hybridized carbons (Fsp3) is 0.625. The van der Waals surface area contributed by atoms with Crippen LogP contribution in [0.3, 0.4) is 0 Å². The number of nitrogens with one attached hydrogen (secondary N) is 1. The van der Waals surface area contributed by atoms with Gasteiger partial charge in [-0.25, -0.2) is 4.99 Å². The maximum absolute atomic E-state index is 12.4. The number of hydrogen-bond donors (Lipinski definition) is 1. The van der Waals surface area contributed by atoms with Gasteiger partial charge in [0.05, 0.1) is 32.6 Å². The maximum Gasteiger partial charge on any atom is 0.302 e. The summed E-state index contributed by atoms with van der Waals surface area (Å²) in [6.07, 6.45) is 6.31. The first kappa shape index (κ1) is 23.9. The Kier molecular flexibility index (Phi) is 8.36. The van der Waals surface area contributed by atoms with E-state index in [0.717, 1.165) is 49.8 Å². The summed E-state index contributed by atoms with van der Waals surface area (Å²) >= 11 is 0. The number of benzene rings is 1. The molecule has 1 saturated heterocycles. The summed E-state index contributed by atoms with van der Waals surface area (Å²) in [5.74, 6) is 1.98. The highest BCUT2D eigenvalue weighted by Crippen LogP contribution is 2.42. The van der Waals surface area contributed by atoms with Gasteiger partial charge in [-0.05, 0) is 30.9 Å². The Morgan fingerprint density at radius 1 is 1.16 bits per heavy atom. The largest absolute Gasteiger partial charge is 0.492 e. The number of fused-ring (bicyclic) bond motifs is 2. The summed E-state index contributed by atoms with van der Waals surface area (Å²) in [5.41, 5.74) is 1.75. The second-order valence-electron chi connectivity index (χ2n) is 8.65. The van der Waals surface area contributed by atoms with Gasteiger partial charge in [0.15, 0.2) is 11.5 Å². The Bertz CT molecular complexity index is 852. The lowest BCUT2D eigenvalue weighted by Crippen LogP contribution is -2.40. The molecule has 2 heterocycles. The summed E-state index contributed by atoms with van der Waals surface area (Å²) in [7, 11) is 1.64. The number of methoxy groups -OCH3 is 1. The molecule has 1 unspecified atom stereocenters. The number of aliphatic imine (C=N–C) groups is 1. The molecule has 2 aliphatic heterocycles. The van der Waals surface area contributed by atoms with Crippen molar-refractivity contribution < 1.29 is 23.8 Å². The minimum Gasteiger partial charge on any atom is -0.492 e. The Labute approximate surface area is 190 Å². The number of esters is 1. The van der Waals surface area contributed by atoms with Crippen molar-refractivity contribution in [2.75, 3.05) is 20.3 Å². The van der Waals surface area contributed by atoms with Crippen molar-refractivity contribution in [1.82, 2.24) is 10.2 Å². The normalized spacial score (nSPS) is 16.9. The van der Waals surface area contributed by atoms with Crippen LogP contribution in [0.1, 0.15) is 64.9 Å². The smallest absolute Gasteiger partial charge is 0.302 e. The average Bonchev–Trinajstić information content (AvgIpc) is 3.07. The number of carbonyl (C=O) groups is 2. The number of unbranched alkanes of at least 4 members (excludes halogenated alkanes) is 5. The van der Waals surface area contributed by atoms with Crippen molar-refractivity contribution >= 4 is 23.5 Å². The molecule has 1 atom stereocenters. The predicted octanol–water partition coefficient (Wildman–Crippen LogP) is 3.94. The van der Waals surface area contributed by atoms with Crippen molar-refractivity contribution in [1.29, 1.82) is 0 Å². The Balaban J connectivity index is 1.50. The highest BCUT2D eigenvalue weighted by Gasteiger charge is 2.41. The molecule has 1 aromatic rings. The molecule has 0 radical (unpaired) electrons. The molecule has 32 heavy (non-hydrogen) atoms. The molecule has 1 fully saturated rings. The zero-order valence-electron chi connectivity index (χ0n) is 19.6. The number of nitrogens with zero attached hydrogens (tertiary/aromatic N) is 2. The second-order valence-corrected chi connectivity index (χ2v) is 8.65. The molecule has 176 valence electrons. The molecule has 0 saturated carbocycles. The van der Waals surface area contributed by atoms with Crippen molar-refractivity contribution in [2.45, 2.75) is 71.9 Å². The van der Waals surface area contributed by atoms with Crippen molar-refractivity contribution in [2.24, 2.45) is 10.9 Å². The first-order valence-corrected chi connectivity index (χ1v) is 11.5. The average molecular weight is 446 g/mol. The van der Waals surface area contributed by atoms with Crippen LogP contribution in [0, 0.1) is 5.92 Å². The Morgan fingerprint density at radius 2 is 1.84 bits per heavy atom. The lowest BCUT2D eigenvalue weighted by Gasteiger charge is -2.30. The quantitative estimate of drug-likeness (QED) is 0.387. The standard InChI is InChI=1S/C24H35N3O5/c1-16(2)21-23(29)26-24-25-19-11-12-20(22(30-4)18(19)15-27(21)24)32-14-10-8-6-5-7-9-13-31-17(3)28/h11-12,16,21H,5-10,13-15H2,1-4H3,(H,25,26,29). The van der Waals surface area contributed by atoms with Gasteiger partial charge in [-0.15, -0.1) is 0 Å². The van der Waals surface area contributed by atoms with Gasteiger partial charge in [0.25, 0.3) is 0 Å². The van der Waals surface area contributed by atoms with E-state index in [1.165, 1.54) is 6.92 Å². The highest BCUT2D eigenvalue weighted by atomic mass is 16.5. The van der Waals surface area contributed by atoms with Gasteiger partial charge in [0, 0.05) is 12.5 Å². The van der Waals surface area contributed by atoms with Crippen LogP contribution in [-0.4, -0.2) is 49.1 Å². The maximum atomic E-state index is 12.4. The number of guanidine groups is 1. The van der Waals surface area contributed by atoms with Gasteiger partial charge < -0.3 is 19.1 Å². The third-order valence-corrected chi connectivity index (χ3v) is 5.80. The zero-order chi connectivity index (χ0) is 23.1. The van der Waals surface area contributed by atoms with E-state index in [-0.39, 0.29) is 23.8 Å². The summed E-state index contributed by atoms with van der Waals surface area (Å²) in [4.78, 5) is 29.8. The van der Waals surface area contributed by atoms with Crippen LogP contribution in [0.15, 0.2) is 17.1 Å². The topological polar surface area (TPSA) is 89.5 Å². The molecule has 8 nitrogen and oxygen atoms in total. The molecule has 0 spiro atoms. The van der Waals surface area contributed by atoms with Gasteiger partial charge in [-0.2, -0.15) is 0 Å². The second kappa shape index (κ2) is 11.2. The molecular formula is C24H35N3O5. The number of hydrogen-bond acceptors (Lipinski definition) is 7. The van der Waals surface area contributed by atoms with Gasteiger partial charge in [-0.3, -0.25) is 14.9 Å². The van der Waals surface area contributed by atoms with Crippen LogP contribution in [0.5, 0.6) is 11.5 Å². The van der Waals surface area contributed by atoms with Crippen molar-refractivity contribution in [3.8, 4) is 11.5 Å². The van der Waals surface area contributed by atoms with Crippen LogP contribution in [0.2, 0.25) is 0 Å². The first-order valence-electron chi connectivity index (χ1n) is 11.5.